The third-order valence-electron chi connectivity index (χ3n) is 17.9. The van der Waals surface area contributed by atoms with Crippen LogP contribution in [0, 0.1) is 0 Å². The first-order chi connectivity index (χ1) is 55.6. The van der Waals surface area contributed by atoms with Gasteiger partial charge in [-0.3, -0.25) is 18.4 Å². The van der Waals surface area contributed by atoms with Gasteiger partial charge in [-0.2, -0.15) is 0 Å². The molecule has 1 aliphatic heterocycles. The number of likely N-dealkylation sites (N-methyl/N-ethyl adjacent to an activating group) is 4. The highest BCUT2D eigenvalue weighted by Crippen LogP contribution is 2.40. The number of imidazole rings is 4. The molecule has 39 heteroatoms. The smallest absolute Gasteiger partial charge is 0.495 e. The molecule has 2 aromatic carbocycles. The zero-order valence-corrected chi connectivity index (χ0v) is 72.0. The van der Waals surface area contributed by atoms with Crippen LogP contribution < -0.4 is 52.2 Å². The SMILES string of the molecule is C=CC(=O)Nc1cc(N)c(OC)cc1N(C)CCN(C)C.C=CC(=O)Nc1cc(Nc2cn3c(-c4ccn(C)c4)cnc3cn2)c(OC)cc1N(C)CCN(C)C.Clc1cn2c(Br)cnc2cn1.Clc1cn2ccnc2cn1.Cn1ccc(-c2cnc3cnc(Cl)nn23)c1.Cn1ccc(B2OC(C)(C)C(C)(C)O2)c1.Nc1cnc(Cl)cn1. The number of rotatable bonds is 19. The van der Waals surface area contributed by atoms with Gasteiger partial charge in [-0.15, -0.1) is 5.10 Å². The Morgan fingerprint density at radius 1 is 0.547 bits per heavy atom. The molecule has 0 aliphatic carbocycles. The lowest BCUT2D eigenvalue weighted by atomic mass is 9.81. The van der Waals surface area contributed by atoms with E-state index in [-0.39, 0.29) is 35.4 Å². The predicted molar refractivity (Wildman–Crippen MR) is 469 cm³/mol. The maximum Gasteiger partial charge on any atom is 0.496 e. The second-order valence-corrected chi connectivity index (χ2v) is 30.1. The number of hydrogen-bond acceptors (Lipinski definition) is 24. The van der Waals surface area contributed by atoms with E-state index in [9.17, 15) is 9.59 Å². The molecule has 0 radical (unpaired) electrons. The Bertz CT molecular complexity index is 5650. The van der Waals surface area contributed by atoms with Crippen molar-refractivity contribution in [3.63, 3.8) is 0 Å². The van der Waals surface area contributed by atoms with Crippen LogP contribution in [0.2, 0.25) is 20.7 Å². The van der Waals surface area contributed by atoms with Crippen molar-refractivity contribution in [2.75, 3.05) is 120 Å². The van der Waals surface area contributed by atoms with Gasteiger partial charge in [0, 0.05) is 152 Å². The van der Waals surface area contributed by atoms with E-state index in [0.717, 1.165) is 87.1 Å². The van der Waals surface area contributed by atoms with Crippen molar-refractivity contribution in [1.82, 2.24) is 96.2 Å². The first-order valence-electron chi connectivity index (χ1n) is 35.9. The number of methoxy groups -OCH3 is 2. The number of nitrogens with two attached hydrogens (primary N) is 2. The monoisotopic (exact) mass is 1730 g/mol. The molecule has 0 unspecified atom stereocenters. The van der Waals surface area contributed by atoms with Crippen molar-refractivity contribution in [3.8, 4) is 34.0 Å². The average Bonchev–Trinajstić information content (AvgIpc) is 1.62. The number of ether oxygens (including phenoxy) is 2. The minimum Gasteiger partial charge on any atom is -0.495 e. The predicted octanol–water partition coefficient (Wildman–Crippen LogP) is 12.4. The molecule has 15 rings (SSSR count). The Kier molecular flexibility index (Phi) is 31.1. The van der Waals surface area contributed by atoms with Crippen molar-refractivity contribution in [3.05, 3.63) is 217 Å². The van der Waals surface area contributed by atoms with E-state index in [4.69, 9.17) is 76.7 Å². The zero-order chi connectivity index (χ0) is 85.0. The molecule has 13 heterocycles. The highest BCUT2D eigenvalue weighted by Gasteiger charge is 2.52. The van der Waals surface area contributed by atoms with Gasteiger partial charge in [0.15, 0.2) is 22.6 Å². The quantitative estimate of drug-likeness (QED) is 0.0285. The Labute approximate surface area is 706 Å². The lowest BCUT2D eigenvalue weighted by molar-refractivity contribution is -0.112. The van der Waals surface area contributed by atoms with Crippen LogP contribution >= 0.6 is 62.3 Å². The van der Waals surface area contributed by atoms with E-state index in [1.54, 1.807) is 80.6 Å². The summed E-state index contributed by atoms with van der Waals surface area (Å²) in [5, 5.41) is 14.7. The molecule has 14 aromatic rings. The summed E-state index contributed by atoms with van der Waals surface area (Å²) >= 11 is 25.7. The van der Waals surface area contributed by atoms with Crippen LogP contribution in [0.5, 0.6) is 11.5 Å². The molecule has 12 aromatic heterocycles. The number of aromatic nitrogens is 18. The number of carbonyl (C=O) groups is 2. The van der Waals surface area contributed by atoms with Crippen molar-refractivity contribution < 1.29 is 28.4 Å². The highest BCUT2D eigenvalue weighted by atomic mass is 79.9. The molecule has 7 N–H and O–H groups in total. The van der Waals surface area contributed by atoms with Gasteiger partial charge in [0.1, 0.15) is 43.2 Å². The number of anilines is 8. The normalized spacial score (nSPS) is 12.3. The molecule has 1 saturated heterocycles. The van der Waals surface area contributed by atoms with Gasteiger partial charge in [-0.25, -0.2) is 54.4 Å². The lowest BCUT2D eigenvalue weighted by Gasteiger charge is -2.32. The standard InChI is InChI=1S/C26H32N8O2.C15H24N4O2.C11H18BNO2.C10H8ClN5.C6H3BrClN3.C6H4ClN3.C4H4ClN3/c1-7-26(35)30-19-12-20(23(36-6)13-21(19)33(5)11-10-31(2)3)29-24-17-34-22(14-28-25(34)15-27-24)18-8-9-32(4)16-18;1-6-15(20)17-12-9-11(16)14(21-5)10-13(12)19(4)8-7-18(2)3;1-10(2)11(3,4)15-12(14-10)9-6-7-13(5)8-9;1-15-3-2-7(6-15)8-4-12-9-5-13-10(11)14-16(8)9;7-4-1-10-6-2-9-5(8)3-11(4)6;7-5-4-10-2-1-8-6(10)3-9-5;5-3-1-8-4(6)2-7-3/h7-9,12-17,29H,1,10-11H2,2-6H3,(H,30,35);6,9-10H,1,7-8,16H2,2-5H3,(H,17,20);6-8H,1-5H3;2-6H,1H3;1-3H;1-4H;1-2H,(H2,6,8). The number of benzene rings is 2. The summed E-state index contributed by atoms with van der Waals surface area (Å²) < 4.78 is 37.0. The van der Waals surface area contributed by atoms with E-state index < -0.39 is 0 Å². The number of halogens is 5. The second kappa shape index (κ2) is 40.8. The minimum absolute atomic E-state index is 0.211. The summed E-state index contributed by atoms with van der Waals surface area (Å²) in [6.07, 6.45) is 38.0. The molecule has 33 nitrogen and oxygen atoms in total. The number of nitrogen functional groups attached to an aromatic ring is 2. The van der Waals surface area contributed by atoms with Gasteiger partial charge in [0.2, 0.25) is 17.1 Å². The number of nitrogens with one attached hydrogen (secondary N) is 3. The van der Waals surface area contributed by atoms with Gasteiger partial charge in [0.05, 0.1) is 133 Å². The molecule has 0 atom stereocenters. The van der Waals surface area contributed by atoms with Gasteiger partial charge >= 0.3 is 7.12 Å². The number of carbonyl (C=O) groups excluding carboxylic acids is 2. The van der Waals surface area contributed by atoms with Crippen LogP contribution in [0.15, 0.2) is 196 Å². The molecule has 1 fully saturated rings. The van der Waals surface area contributed by atoms with Gasteiger partial charge in [0.25, 0.3) is 0 Å². The fraction of sp³-hybridized carbons (Fsp3) is 0.269. The van der Waals surface area contributed by atoms with Crippen molar-refractivity contribution in [1.29, 1.82) is 0 Å². The maximum absolute atomic E-state index is 12.2. The second-order valence-electron chi connectivity index (χ2n) is 27.7. The van der Waals surface area contributed by atoms with Crippen molar-refractivity contribution in [2.45, 2.75) is 38.9 Å². The topological polar surface area (TPSA) is 346 Å². The largest absolute Gasteiger partial charge is 0.496 e. The maximum atomic E-state index is 12.2. The number of fused-ring (bicyclic) bond motifs is 4. The number of hydrogen-bond donors (Lipinski definition) is 5. The first kappa shape index (κ1) is 89.3. The van der Waals surface area contributed by atoms with E-state index in [2.05, 4.69) is 142 Å². The summed E-state index contributed by atoms with van der Waals surface area (Å²) in [5.74, 6) is 1.62. The highest BCUT2D eigenvalue weighted by molar-refractivity contribution is 9.10. The molecular weight excluding hydrogens is 1640 g/mol. The first-order valence-corrected chi connectivity index (χ1v) is 38.2. The van der Waals surface area contributed by atoms with Crippen LogP contribution in [0.1, 0.15) is 27.7 Å². The third kappa shape index (κ3) is 24.5. The molecule has 117 heavy (non-hydrogen) atoms. The molecule has 614 valence electrons. The number of amides is 2. The molecule has 2 amide bonds. The minimum atomic E-state index is -0.293. The summed E-state index contributed by atoms with van der Waals surface area (Å²) in [6.45, 7) is 18.6. The summed E-state index contributed by atoms with van der Waals surface area (Å²) in [5.41, 5.74) is 22.7. The van der Waals surface area contributed by atoms with E-state index in [0.29, 0.717) is 67.0 Å². The van der Waals surface area contributed by atoms with E-state index in [1.165, 1.54) is 24.5 Å². The third-order valence-corrected chi connectivity index (χ3v) is 19.2. The lowest BCUT2D eigenvalue weighted by Crippen LogP contribution is -2.41. The van der Waals surface area contributed by atoms with Crippen LogP contribution in [0.3, 0.4) is 0 Å². The molecule has 1 aliphatic rings. The van der Waals surface area contributed by atoms with Gasteiger partial charge in [-0.1, -0.05) is 48.0 Å². The molecular formula is C78H93BBrCl4N27O6. The Balaban J connectivity index is 0.000000166. The van der Waals surface area contributed by atoms with Crippen LogP contribution in [-0.2, 0) is 40.0 Å². The van der Waals surface area contributed by atoms with Crippen LogP contribution in [0.25, 0.3) is 45.1 Å². The fourth-order valence-electron chi connectivity index (χ4n) is 10.9. The summed E-state index contributed by atoms with van der Waals surface area (Å²) in [7, 11) is 20.9. The van der Waals surface area contributed by atoms with Crippen molar-refractivity contribution >= 4 is 155 Å². The van der Waals surface area contributed by atoms with Crippen LogP contribution in [-0.4, -0.2) is 209 Å². The van der Waals surface area contributed by atoms with Gasteiger partial charge in [-0.05, 0) is 126 Å². The molecule has 0 saturated carbocycles. The Morgan fingerprint density at radius 2 is 1.07 bits per heavy atom. The summed E-state index contributed by atoms with van der Waals surface area (Å²) in [4.78, 5) is 72.3. The number of nitrogens with zero attached hydrogens (tertiary/aromatic N) is 22. The molecule has 0 bridgehead atoms. The number of aryl methyl sites for hydroxylation is 3. The Morgan fingerprint density at radius 3 is 1.62 bits per heavy atom. The average molecular weight is 1740 g/mol. The van der Waals surface area contributed by atoms with E-state index >= 15 is 0 Å². The zero-order valence-electron chi connectivity index (χ0n) is 67.4. The van der Waals surface area contributed by atoms with E-state index in [1.807, 2.05) is 187 Å². The fourth-order valence-corrected chi connectivity index (χ4v) is 11.8. The molecule has 0 spiro atoms. The Hall–Kier alpha value is -11.7. The van der Waals surface area contributed by atoms with Gasteiger partial charge < -0.3 is 83.9 Å². The summed E-state index contributed by atoms with van der Waals surface area (Å²) in [6, 6.07) is 13.3. The van der Waals surface area contributed by atoms with Crippen molar-refractivity contribution in [2.24, 2.45) is 21.1 Å². The van der Waals surface area contributed by atoms with Crippen LogP contribution in [0.4, 0.5) is 45.8 Å².